The molecule has 1 saturated carbocycles. The third-order valence-electron chi connectivity index (χ3n) is 3.07. The van der Waals surface area contributed by atoms with Gasteiger partial charge < -0.3 is 5.11 Å². The first-order chi connectivity index (χ1) is 6.38. The Labute approximate surface area is 84.2 Å². The number of carbonyl (C=O) groups is 1. The fourth-order valence-corrected chi connectivity index (χ4v) is 3.63. The molecule has 0 spiro atoms. The summed E-state index contributed by atoms with van der Waals surface area (Å²) in [6.07, 6.45) is 0.778. The van der Waals surface area contributed by atoms with E-state index in [1.807, 2.05) is 6.92 Å². The van der Waals surface area contributed by atoms with Crippen LogP contribution in [0.5, 0.6) is 0 Å². The van der Waals surface area contributed by atoms with Gasteiger partial charge in [-0.25, -0.2) is 8.42 Å². The molecule has 1 fully saturated rings. The molecule has 5 heteroatoms. The molecule has 1 aliphatic rings. The van der Waals surface area contributed by atoms with Gasteiger partial charge in [0.2, 0.25) is 0 Å². The monoisotopic (exact) mass is 220 g/mol. The van der Waals surface area contributed by atoms with Crippen LogP contribution in [-0.2, 0) is 14.6 Å². The van der Waals surface area contributed by atoms with Gasteiger partial charge in [0.15, 0.2) is 9.84 Å². The van der Waals surface area contributed by atoms with Gasteiger partial charge in [-0.2, -0.15) is 0 Å². The fourth-order valence-electron chi connectivity index (χ4n) is 2.06. The molecule has 0 aromatic rings. The van der Waals surface area contributed by atoms with E-state index in [4.69, 9.17) is 5.11 Å². The largest absolute Gasteiger partial charge is 0.481 e. The molecular weight excluding hydrogens is 204 g/mol. The van der Waals surface area contributed by atoms with Gasteiger partial charge in [0, 0.05) is 5.75 Å². The summed E-state index contributed by atoms with van der Waals surface area (Å²) < 4.78 is 23.0. The van der Waals surface area contributed by atoms with E-state index in [1.54, 1.807) is 6.92 Å². The summed E-state index contributed by atoms with van der Waals surface area (Å²) in [6, 6.07) is 0. The first-order valence-corrected chi connectivity index (χ1v) is 6.54. The molecule has 0 aliphatic heterocycles. The number of sulfone groups is 1. The van der Waals surface area contributed by atoms with Crippen molar-refractivity contribution in [3.63, 3.8) is 0 Å². The minimum Gasteiger partial charge on any atom is -0.481 e. The van der Waals surface area contributed by atoms with Crippen molar-refractivity contribution in [3.8, 4) is 0 Å². The molecule has 0 saturated heterocycles. The van der Waals surface area contributed by atoms with E-state index in [-0.39, 0.29) is 18.1 Å². The second kappa shape index (κ2) is 3.88. The van der Waals surface area contributed by atoms with Crippen LogP contribution in [0.3, 0.4) is 0 Å². The van der Waals surface area contributed by atoms with Crippen LogP contribution in [0.4, 0.5) is 0 Å². The lowest BCUT2D eigenvalue weighted by Gasteiger charge is -2.08. The summed E-state index contributed by atoms with van der Waals surface area (Å²) in [5.41, 5.74) is 0. The van der Waals surface area contributed by atoms with Crippen LogP contribution >= 0.6 is 0 Å². The Kier molecular flexibility index (Phi) is 3.19. The van der Waals surface area contributed by atoms with Gasteiger partial charge in [-0.05, 0) is 18.8 Å². The zero-order valence-electron chi connectivity index (χ0n) is 8.43. The summed E-state index contributed by atoms with van der Waals surface area (Å²) >= 11 is 0. The molecule has 14 heavy (non-hydrogen) atoms. The minimum atomic E-state index is -3.06. The van der Waals surface area contributed by atoms with Gasteiger partial charge in [-0.3, -0.25) is 4.79 Å². The topological polar surface area (TPSA) is 71.4 Å². The Hall–Kier alpha value is -0.580. The van der Waals surface area contributed by atoms with Crippen molar-refractivity contribution < 1.29 is 18.3 Å². The molecule has 3 atom stereocenters. The zero-order chi connectivity index (χ0) is 10.9. The molecule has 1 rings (SSSR count). The van der Waals surface area contributed by atoms with Crippen molar-refractivity contribution in [2.24, 2.45) is 11.8 Å². The van der Waals surface area contributed by atoms with Crippen LogP contribution in [0.15, 0.2) is 0 Å². The predicted molar refractivity (Wildman–Crippen MR) is 52.8 cm³/mol. The number of carboxylic acids is 1. The molecule has 1 N–H and O–H groups in total. The lowest BCUT2D eigenvalue weighted by atomic mass is 9.99. The van der Waals surface area contributed by atoms with Gasteiger partial charge in [-0.15, -0.1) is 0 Å². The molecule has 0 unspecified atom stereocenters. The highest BCUT2D eigenvalue weighted by Crippen LogP contribution is 2.35. The maximum absolute atomic E-state index is 11.5. The van der Waals surface area contributed by atoms with Crippen LogP contribution < -0.4 is 0 Å². The Balaban J connectivity index is 2.78. The van der Waals surface area contributed by atoms with Crippen molar-refractivity contribution >= 4 is 15.8 Å². The van der Waals surface area contributed by atoms with Gasteiger partial charge in [0.05, 0.1) is 11.2 Å². The summed E-state index contributed by atoms with van der Waals surface area (Å²) in [4.78, 5) is 10.8. The van der Waals surface area contributed by atoms with Crippen LogP contribution in [0, 0.1) is 11.8 Å². The molecule has 0 amide bonds. The van der Waals surface area contributed by atoms with Gasteiger partial charge >= 0.3 is 5.97 Å². The quantitative estimate of drug-likeness (QED) is 0.767. The molecule has 0 aromatic heterocycles. The van der Waals surface area contributed by atoms with Crippen LogP contribution in [0.1, 0.15) is 26.7 Å². The van der Waals surface area contributed by atoms with Crippen LogP contribution in [0.2, 0.25) is 0 Å². The average molecular weight is 220 g/mol. The molecule has 82 valence electrons. The SMILES string of the molecule is CCS(=O)(=O)[C@H]1C[C@@H](C)[C@@H](C(=O)O)C1. The Morgan fingerprint density at radius 2 is 2.00 bits per heavy atom. The number of hydrogen-bond acceptors (Lipinski definition) is 3. The third-order valence-corrected chi connectivity index (χ3v) is 5.27. The molecular formula is C9H16O4S. The Morgan fingerprint density at radius 3 is 2.36 bits per heavy atom. The Bertz CT molecular complexity index is 320. The number of aliphatic carboxylic acids is 1. The summed E-state index contributed by atoms with van der Waals surface area (Å²) in [6.45, 7) is 3.41. The van der Waals surface area contributed by atoms with Crippen LogP contribution in [-0.4, -0.2) is 30.5 Å². The van der Waals surface area contributed by atoms with Crippen molar-refractivity contribution in [2.75, 3.05) is 5.75 Å². The third kappa shape index (κ3) is 2.08. The molecule has 0 radical (unpaired) electrons. The normalized spacial score (nSPS) is 33.1. The summed E-state index contributed by atoms with van der Waals surface area (Å²) in [7, 11) is -3.06. The van der Waals surface area contributed by atoms with Crippen molar-refractivity contribution in [3.05, 3.63) is 0 Å². The van der Waals surface area contributed by atoms with E-state index >= 15 is 0 Å². The van der Waals surface area contributed by atoms with E-state index in [0.29, 0.717) is 6.42 Å². The predicted octanol–water partition coefficient (Wildman–Crippen LogP) is 0.920. The molecule has 0 heterocycles. The van der Waals surface area contributed by atoms with Crippen molar-refractivity contribution in [1.82, 2.24) is 0 Å². The van der Waals surface area contributed by atoms with E-state index in [2.05, 4.69) is 0 Å². The number of hydrogen-bond donors (Lipinski definition) is 1. The van der Waals surface area contributed by atoms with Gasteiger partial charge in [-0.1, -0.05) is 13.8 Å². The summed E-state index contributed by atoms with van der Waals surface area (Å²) in [5.74, 6) is -1.28. The second-order valence-electron chi connectivity index (χ2n) is 3.97. The number of rotatable bonds is 3. The smallest absolute Gasteiger partial charge is 0.306 e. The lowest BCUT2D eigenvalue weighted by Crippen LogP contribution is -2.21. The zero-order valence-corrected chi connectivity index (χ0v) is 9.25. The molecule has 1 aliphatic carbocycles. The summed E-state index contributed by atoms with van der Waals surface area (Å²) in [5, 5.41) is 8.40. The van der Waals surface area contributed by atoms with E-state index in [1.165, 1.54) is 0 Å². The standard InChI is InChI=1S/C9H16O4S/c1-3-14(12,13)7-4-6(2)8(5-7)9(10)11/h6-8H,3-5H2,1-2H3,(H,10,11)/t6-,7+,8+/m1/s1. The molecule has 0 bridgehead atoms. The highest BCUT2D eigenvalue weighted by molar-refractivity contribution is 7.92. The second-order valence-corrected chi connectivity index (χ2v) is 6.54. The highest BCUT2D eigenvalue weighted by Gasteiger charge is 2.41. The highest BCUT2D eigenvalue weighted by atomic mass is 32.2. The van der Waals surface area contributed by atoms with Crippen molar-refractivity contribution in [2.45, 2.75) is 31.9 Å². The van der Waals surface area contributed by atoms with E-state index < -0.39 is 27.0 Å². The first kappa shape index (κ1) is 11.5. The lowest BCUT2D eigenvalue weighted by molar-refractivity contribution is -0.142. The van der Waals surface area contributed by atoms with Crippen LogP contribution in [0.25, 0.3) is 0 Å². The maximum atomic E-state index is 11.5. The number of carboxylic acid groups (broad SMARTS) is 1. The van der Waals surface area contributed by atoms with Crippen molar-refractivity contribution in [1.29, 1.82) is 0 Å². The fraction of sp³-hybridized carbons (Fsp3) is 0.889. The molecule has 0 aromatic carbocycles. The van der Waals surface area contributed by atoms with Gasteiger partial charge in [0.1, 0.15) is 0 Å². The first-order valence-electron chi connectivity index (χ1n) is 4.82. The van der Waals surface area contributed by atoms with E-state index in [9.17, 15) is 13.2 Å². The molecule has 4 nitrogen and oxygen atoms in total. The van der Waals surface area contributed by atoms with Gasteiger partial charge in [0.25, 0.3) is 0 Å². The Morgan fingerprint density at radius 1 is 1.43 bits per heavy atom. The maximum Gasteiger partial charge on any atom is 0.306 e. The minimum absolute atomic E-state index is 0.0289. The van der Waals surface area contributed by atoms with E-state index in [0.717, 1.165) is 0 Å². The average Bonchev–Trinajstić information content (AvgIpc) is 2.48.